The Morgan fingerprint density at radius 3 is 2.77 bits per heavy atom. The number of nitrogens with zero attached hydrogens (tertiary/aromatic N) is 4. The Morgan fingerprint density at radius 1 is 1.41 bits per heavy atom. The van der Waals surface area contributed by atoms with Gasteiger partial charge in [-0.2, -0.15) is 9.40 Å². The SMILES string of the molecule is CN(Cc1cnc[nH]1)S(=O)(=O)c1cn(C)nc1C1CCCC1. The molecule has 0 amide bonds. The molecule has 1 aliphatic carbocycles. The van der Waals surface area contributed by atoms with Crippen LogP contribution in [0, 0.1) is 0 Å². The summed E-state index contributed by atoms with van der Waals surface area (Å²) >= 11 is 0. The van der Waals surface area contributed by atoms with Crippen LogP contribution in [0.4, 0.5) is 0 Å². The number of hydrogen-bond acceptors (Lipinski definition) is 4. The lowest BCUT2D eigenvalue weighted by Crippen LogP contribution is -2.27. The zero-order valence-corrected chi connectivity index (χ0v) is 13.7. The topological polar surface area (TPSA) is 83.9 Å². The highest BCUT2D eigenvalue weighted by Crippen LogP contribution is 2.36. The van der Waals surface area contributed by atoms with Crippen LogP contribution in [-0.4, -0.2) is 39.5 Å². The van der Waals surface area contributed by atoms with E-state index in [1.807, 2.05) is 0 Å². The Morgan fingerprint density at radius 2 is 2.14 bits per heavy atom. The Labute approximate surface area is 130 Å². The van der Waals surface area contributed by atoms with Gasteiger partial charge in [0.15, 0.2) is 0 Å². The first kappa shape index (κ1) is 15.2. The number of imidazole rings is 1. The maximum Gasteiger partial charge on any atom is 0.246 e. The molecule has 120 valence electrons. The van der Waals surface area contributed by atoms with Crippen LogP contribution >= 0.6 is 0 Å². The van der Waals surface area contributed by atoms with Crippen LogP contribution in [0.5, 0.6) is 0 Å². The second-order valence-electron chi connectivity index (χ2n) is 5.87. The van der Waals surface area contributed by atoms with Crippen LogP contribution in [-0.2, 0) is 23.6 Å². The predicted molar refractivity (Wildman–Crippen MR) is 81.7 cm³/mol. The maximum atomic E-state index is 12.9. The van der Waals surface area contributed by atoms with Crippen molar-refractivity contribution >= 4 is 10.0 Å². The molecule has 0 bridgehead atoms. The van der Waals surface area contributed by atoms with E-state index in [1.165, 1.54) is 4.31 Å². The van der Waals surface area contributed by atoms with E-state index in [2.05, 4.69) is 15.1 Å². The molecule has 0 saturated heterocycles. The number of aryl methyl sites for hydroxylation is 1. The van der Waals surface area contributed by atoms with E-state index in [-0.39, 0.29) is 12.5 Å². The quantitative estimate of drug-likeness (QED) is 0.906. The summed E-state index contributed by atoms with van der Waals surface area (Å²) in [4.78, 5) is 7.19. The summed E-state index contributed by atoms with van der Waals surface area (Å²) in [6, 6.07) is 0. The van der Waals surface area contributed by atoms with Crippen molar-refractivity contribution in [3.05, 3.63) is 30.1 Å². The van der Waals surface area contributed by atoms with Crippen LogP contribution < -0.4 is 0 Å². The van der Waals surface area contributed by atoms with Gasteiger partial charge in [-0.1, -0.05) is 12.8 Å². The first-order valence-corrected chi connectivity index (χ1v) is 8.89. The van der Waals surface area contributed by atoms with E-state index in [0.29, 0.717) is 4.90 Å². The number of aromatic nitrogens is 4. The molecule has 0 unspecified atom stereocenters. The van der Waals surface area contributed by atoms with Crippen molar-refractivity contribution in [2.45, 2.75) is 43.0 Å². The number of sulfonamides is 1. The zero-order chi connectivity index (χ0) is 15.7. The van der Waals surface area contributed by atoms with Crippen molar-refractivity contribution in [1.82, 2.24) is 24.1 Å². The van der Waals surface area contributed by atoms with E-state index in [4.69, 9.17) is 0 Å². The minimum atomic E-state index is -3.56. The summed E-state index contributed by atoms with van der Waals surface area (Å²) in [5.41, 5.74) is 1.48. The first-order chi connectivity index (χ1) is 10.5. The molecule has 2 heterocycles. The van der Waals surface area contributed by atoms with Gasteiger partial charge in [-0.05, 0) is 12.8 Å². The van der Waals surface area contributed by atoms with Crippen molar-refractivity contribution in [2.24, 2.45) is 7.05 Å². The molecular weight excluding hydrogens is 302 g/mol. The van der Waals surface area contributed by atoms with Gasteiger partial charge in [0.1, 0.15) is 4.90 Å². The van der Waals surface area contributed by atoms with Crippen LogP contribution in [0.25, 0.3) is 0 Å². The predicted octanol–water partition coefficient (Wildman–Crippen LogP) is 1.62. The third-order valence-electron chi connectivity index (χ3n) is 4.20. The Kier molecular flexibility index (Phi) is 4.05. The highest BCUT2D eigenvalue weighted by atomic mass is 32.2. The molecule has 1 aliphatic rings. The molecule has 2 aromatic rings. The van der Waals surface area contributed by atoms with Crippen molar-refractivity contribution in [2.75, 3.05) is 7.05 Å². The smallest absolute Gasteiger partial charge is 0.246 e. The lowest BCUT2D eigenvalue weighted by atomic mass is 10.1. The van der Waals surface area contributed by atoms with Gasteiger partial charge in [-0.25, -0.2) is 13.4 Å². The summed E-state index contributed by atoms with van der Waals surface area (Å²) in [5.74, 6) is 0.256. The van der Waals surface area contributed by atoms with E-state index < -0.39 is 10.0 Å². The molecule has 0 atom stereocenters. The van der Waals surface area contributed by atoms with Crippen LogP contribution in [0.1, 0.15) is 43.0 Å². The van der Waals surface area contributed by atoms with Crippen molar-refractivity contribution in [1.29, 1.82) is 0 Å². The van der Waals surface area contributed by atoms with Gasteiger partial charge < -0.3 is 4.98 Å². The standard InChI is InChI=1S/C14H21N5O2S/c1-18-9-13(14(17-18)11-5-3-4-6-11)22(20,21)19(2)8-12-7-15-10-16-12/h7,9-11H,3-6,8H2,1-2H3,(H,15,16). The Hall–Kier alpha value is -1.67. The molecule has 0 spiro atoms. The van der Waals surface area contributed by atoms with Gasteiger partial charge in [-0.3, -0.25) is 4.68 Å². The van der Waals surface area contributed by atoms with Crippen LogP contribution in [0.2, 0.25) is 0 Å². The number of H-pyrrole nitrogens is 1. The van der Waals surface area contributed by atoms with Gasteiger partial charge in [0.05, 0.1) is 18.6 Å². The van der Waals surface area contributed by atoms with Crippen LogP contribution in [0.15, 0.2) is 23.6 Å². The van der Waals surface area contributed by atoms with Crippen LogP contribution in [0.3, 0.4) is 0 Å². The molecular formula is C14H21N5O2S. The van der Waals surface area contributed by atoms with E-state index >= 15 is 0 Å². The molecule has 0 aliphatic heterocycles. The lowest BCUT2D eigenvalue weighted by Gasteiger charge is -2.17. The third-order valence-corrected chi connectivity index (χ3v) is 6.02. The zero-order valence-electron chi connectivity index (χ0n) is 12.9. The monoisotopic (exact) mass is 323 g/mol. The highest BCUT2D eigenvalue weighted by molar-refractivity contribution is 7.89. The fourth-order valence-corrected chi connectivity index (χ4v) is 4.43. The average molecular weight is 323 g/mol. The normalized spacial score (nSPS) is 16.7. The second kappa shape index (κ2) is 5.85. The van der Waals surface area contributed by atoms with Gasteiger partial charge in [0.2, 0.25) is 10.0 Å². The molecule has 7 nitrogen and oxygen atoms in total. The summed E-state index contributed by atoms with van der Waals surface area (Å²) in [5, 5.41) is 4.43. The second-order valence-corrected chi connectivity index (χ2v) is 7.88. The van der Waals surface area contributed by atoms with Gasteiger partial charge in [0.25, 0.3) is 0 Å². The Balaban J connectivity index is 1.91. The fourth-order valence-electron chi connectivity index (χ4n) is 3.03. The fraction of sp³-hybridized carbons (Fsp3) is 0.571. The molecule has 0 aromatic carbocycles. The van der Waals surface area contributed by atoms with Gasteiger partial charge in [0, 0.05) is 38.1 Å². The molecule has 1 saturated carbocycles. The minimum absolute atomic E-state index is 0.256. The Bertz CT molecular complexity index is 729. The summed E-state index contributed by atoms with van der Waals surface area (Å²) in [6.07, 6.45) is 9.12. The van der Waals surface area contributed by atoms with Crippen molar-refractivity contribution in [3.63, 3.8) is 0 Å². The minimum Gasteiger partial charge on any atom is -0.347 e. The summed E-state index contributed by atoms with van der Waals surface area (Å²) < 4.78 is 28.7. The molecule has 22 heavy (non-hydrogen) atoms. The average Bonchev–Trinajstić information content (AvgIpc) is 3.18. The molecule has 0 radical (unpaired) electrons. The van der Waals surface area contributed by atoms with Gasteiger partial charge >= 0.3 is 0 Å². The summed E-state index contributed by atoms with van der Waals surface area (Å²) in [6.45, 7) is 0.265. The number of hydrogen-bond donors (Lipinski definition) is 1. The highest BCUT2D eigenvalue weighted by Gasteiger charge is 2.31. The molecule has 1 fully saturated rings. The molecule has 1 N–H and O–H groups in total. The first-order valence-electron chi connectivity index (χ1n) is 7.45. The van der Waals surface area contributed by atoms with E-state index in [9.17, 15) is 8.42 Å². The third kappa shape index (κ3) is 2.80. The van der Waals surface area contributed by atoms with Gasteiger partial charge in [-0.15, -0.1) is 0 Å². The number of aromatic amines is 1. The molecule has 3 rings (SSSR count). The number of nitrogens with one attached hydrogen (secondary N) is 1. The molecule has 2 aromatic heterocycles. The maximum absolute atomic E-state index is 12.9. The lowest BCUT2D eigenvalue weighted by molar-refractivity contribution is 0.461. The molecule has 8 heteroatoms. The van der Waals surface area contributed by atoms with E-state index in [0.717, 1.165) is 37.1 Å². The summed E-state index contributed by atoms with van der Waals surface area (Å²) in [7, 11) is -0.205. The number of rotatable bonds is 5. The largest absolute Gasteiger partial charge is 0.347 e. The van der Waals surface area contributed by atoms with Crippen molar-refractivity contribution < 1.29 is 8.42 Å². The van der Waals surface area contributed by atoms with E-state index in [1.54, 1.807) is 37.5 Å². The van der Waals surface area contributed by atoms with Crippen molar-refractivity contribution in [3.8, 4) is 0 Å².